The van der Waals surface area contributed by atoms with E-state index in [4.69, 9.17) is 9.47 Å². The van der Waals surface area contributed by atoms with E-state index in [0.717, 1.165) is 16.5 Å². The molecular weight excluding hydrogens is 401 g/mol. The van der Waals surface area contributed by atoms with Gasteiger partial charge in [0, 0.05) is 5.56 Å². The van der Waals surface area contributed by atoms with Gasteiger partial charge in [-0.2, -0.15) is 5.26 Å². The van der Waals surface area contributed by atoms with Crippen LogP contribution in [0.4, 0.5) is 4.39 Å². The lowest BCUT2D eigenvalue weighted by Crippen LogP contribution is -2.00. The molecule has 0 aliphatic rings. The van der Waals surface area contributed by atoms with Crippen molar-refractivity contribution >= 4 is 22.4 Å². The van der Waals surface area contributed by atoms with Gasteiger partial charge >= 0.3 is 0 Å². The minimum absolute atomic E-state index is 0.246. The molecule has 0 aliphatic heterocycles. The first-order valence-electron chi connectivity index (χ1n) is 10.4. The van der Waals surface area contributed by atoms with Crippen molar-refractivity contribution in [1.82, 2.24) is 0 Å². The molecule has 3 nitrogen and oxygen atoms in total. The van der Waals surface area contributed by atoms with Crippen molar-refractivity contribution in [3.63, 3.8) is 0 Å². The van der Waals surface area contributed by atoms with Crippen LogP contribution in [-0.4, -0.2) is 6.61 Å². The van der Waals surface area contributed by atoms with Crippen LogP contribution in [0.3, 0.4) is 0 Å². The number of fused-ring (bicyclic) bond motifs is 1. The monoisotopic (exact) mass is 423 g/mol. The molecule has 0 aromatic heterocycles. The molecule has 0 heterocycles. The highest BCUT2D eigenvalue weighted by molar-refractivity contribution is 5.90. The molecule has 0 aliphatic carbocycles. The zero-order valence-corrected chi connectivity index (χ0v) is 17.7. The molecule has 4 aromatic rings. The lowest BCUT2D eigenvalue weighted by Gasteiger charge is -2.13. The van der Waals surface area contributed by atoms with E-state index in [0.29, 0.717) is 24.7 Å². The number of halogens is 1. The molecule has 0 spiro atoms. The standard InChI is InChI=1S/C28H22FNO2/c1-2-31-28-17-20(15-24(18-30)25-9-5-6-10-26(25)29)12-14-27(28)32-19-21-11-13-22-7-3-4-8-23(22)16-21/h3-17H,2,19H2,1H3/b24-15-. The first-order valence-corrected chi connectivity index (χ1v) is 10.4. The fourth-order valence-electron chi connectivity index (χ4n) is 3.51. The first-order chi connectivity index (χ1) is 15.7. The van der Waals surface area contributed by atoms with E-state index in [1.165, 1.54) is 11.5 Å². The Bertz CT molecular complexity index is 1320. The molecule has 4 heteroatoms. The molecule has 0 unspecified atom stereocenters. The van der Waals surface area contributed by atoms with Crippen molar-refractivity contribution in [2.24, 2.45) is 0 Å². The molecule has 158 valence electrons. The molecule has 0 saturated heterocycles. The maximum atomic E-state index is 14.1. The third-order valence-electron chi connectivity index (χ3n) is 5.07. The largest absolute Gasteiger partial charge is 0.490 e. The van der Waals surface area contributed by atoms with Crippen molar-refractivity contribution < 1.29 is 13.9 Å². The number of allylic oxidation sites excluding steroid dienone is 1. The van der Waals surface area contributed by atoms with Gasteiger partial charge in [-0.15, -0.1) is 0 Å². The van der Waals surface area contributed by atoms with Crippen molar-refractivity contribution in [3.05, 3.63) is 107 Å². The van der Waals surface area contributed by atoms with Crippen LogP contribution in [0.2, 0.25) is 0 Å². The van der Waals surface area contributed by atoms with Crippen molar-refractivity contribution in [3.8, 4) is 17.6 Å². The van der Waals surface area contributed by atoms with E-state index in [9.17, 15) is 9.65 Å². The molecule has 32 heavy (non-hydrogen) atoms. The summed E-state index contributed by atoms with van der Waals surface area (Å²) in [4.78, 5) is 0. The van der Waals surface area contributed by atoms with Gasteiger partial charge in [-0.3, -0.25) is 0 Å². The smallest absolute Gasteiger partial charge is 0.161 e. The molecule has 0 amide bonds. The first kappa shape index (κ1) is 21.1. The molecule has 0 atom stereocenters. The maximum absolute atomic E-state index is 14.1. The highest BCUT2D eigenvalue weighted by Gasteiger charge is 2.10. The summed E-state index contributed by atoms with van der Waals surface area (Å²) in [6.45, 7) is 2.77. The van der Waals surface area contributed by atoms with E-state index in [1.807, 2.05) is 37.3 Å². The van der Waals surface area contributed by atoms with Gasteiger partial charge in [0.25, 0.3) is 0 Å². The lowest BCUT2D eigenvalue weighted by atomic mass is 10.0. The van der Waals surface area contributed by atoms with Crippen LogP contribution < -0.4 is 9.47 Å². The fourth-order valence-corrected chi connectivity index (χ4v) is 3.51. The molecule has 0 saturated carbocycles. The Kier molecular flexibility index (Phi) is 6.48. The quantitative estimate of drug-likeness (QED) is 0.237. The summed E-state index contributed by atoms with van der Waals surface area (Å²) in [7, 11) is 0. The molecule has 4 aromatic carbocycles. The van der Waals surface area contributed by atoms with Gasteiger partial charge in [0.2, 0.25) is 0 Å². The summed E-state index contributed by atoms with van der Waals surface area (Å²) >= 11 is 0. The second-order valence-electron chi connectivity index (χ2n) is 7.26. The Hall–Kier alpha value is -4.10. The highest BCUT2D eigenvalue weighted by atomic mass is 19.1. The summed E-state index contributed by atoms with van der Waals surface area (Å²) < 4.78 is 25.9. The van der Waals surface area contributed by atoms with Crippen LogP contribution in [0.5, 0.6) is 11.5 Å². The molecule has 0 N–H and O–H groups in total. The molecule has 4 rings (SSSR count). The average Bonchev–Trinajstić information content (AvgIpc) is 2.82. The van der Waals surface area contributed by atoms with Gasteiger partial charge < -0.3 is 9.47 Å². The van der Waals surface area contributed by atoms with Crippen LogP contribution in [0.1, 0.15) is 23.6 Å². The summed E-state index contributed by atoms with van der Waals surface area (Å²) in [6.07, 6.45) is 1.65. The number of hydrogen-bond donors (Lipinski definition) is 0. The van der Waals surface area contributed by atoms with E-state index in [1.54, 1.807) is 30.3 Å². The third-order valence-corrected chi connectivity index (χ3v) is 5.07. The van der Waals surface area contributed by atoms with Crippen LogP contribution in [0.15, 0.2) is 84.9 Å². The van der Waals surface area contributed by atoms with E-state index < -0.39 is 5.82 Å². The van der Waals surface area contributed by atoms with Crippen LogP contribution in [0.25, 0.3) is 22.4 Å². The number of nitriles is 1. The fraction of sp³-hybridized carbons (Fsp3) is 0.107. The average molecular weight is 423 g/mol. The number of rotatable bonds is 7. The van der Waals surface area contributed by atoms with Crippen LogP contribution in [0, 0.1) is 17.1 Å². The maximum Gasteiger partial charge on any atom is 0.161 e. The molecular formula is C28H22FNO2. The Balaban J connectivity index is 1.58. The number of nitrogens with zero attached hydrogens (tertiary/aromatic N) is 1. The Morgan fingerprint density at radius 3 is 2.44 bits per heavy atom. The highest BCUT2D eigenvalue weighted by Crippen LogP contribution is 2.31. The molecule has 0 fully saturated rings. The molecule has 0 radical (unpaired) electrons. The lowest BCUT2D eigenvalue weighted by molar-refractivity contribution is 0.269. The zero-order valence-electron chi connectivity index (χ0n) is 17.7. The normalized spacial score (nSPS) is 11.2. The number of ether oxygens (including phenoxy) is 2. The second-order valence-corrected chi connectivity index (χ2v) is 7.26. The van der Waals surface area contributed by atoms with Crippen molar-refractivity contribution in [2.45, 2.75) is 13.5 Å². The second kappa shape index (κ2) is 9.80. The molecule has 0 bridgehead atoms. The Morgan fingerprint density at radius 1 is 0.875 bits per heavy atom. The zero-order chi connectivity index (χ0) is 22.3. The summed E-state index contributed by atoms with van der Waals surface area (Å²) in [6, 6.07) is 28.2. The summed E-state index contributed by atoms with van der Waals surface area (Å²) in [5.41, 5.74) is 2.30. The summed E-state index contributed by atoms with van der Waals surface area (Å²) in [5, 5.41) is 11.9. The minimum atomic E-state index is -0.430. The Labute approximate surface area is 187 Å². The van der Waals surface area contributed by atoms with Gasteiger partial charge in [0.1, 0.15) is 12.4 Å². The summed E-state index contributed by atoms with van der Waals surface area (Å²) in [5.74, 6) is 0.759. The number of hydrogen-bond acceptors (Lipinski definition) is 3. The van der Waals surface area contributed by atoms with Crippen LogP contribution >= 0.6 is 0 Å². The van der Waals surface area contributed by atoms with Gasteiger partial charge in [-0.1, -0.05) is 60.7 Å². The van der Waals surface area contributed by atoms with Gasteiger partial charge in [0.05, 0.1) is 18.2 Å². The van der Waals surface area contributed by atoms with E-state index >= 15 is 0 Å². The van der Waals surface area contributed by atoms with Gasteiger partial charge in [0.15, 0.2) is 11.5 Å². The Morgan fingerprint density at radius 2 is 1.66 bits per heavy atom. The van der Waals surface area contributed by atoms with E-state index in [2.05, 4.69) is 30.3 Å². The van der Waals surface area contributed by atoms with E-state index in [-0.39, 0.29) is 11.1 Å². The third kappa shape index (κ3) is 4.79. The SMILES string of the molecule is CCOc1cc(/C=C(/C#N)c2ccccc2F)ccc1OCc1ccc2ccccc2c1. The minimum Gasteiger partial charge on any atom is -0.490 e. The predicted octanol–water partition coefficient (Wildman–Crippen LogP) is 7.02. The van der Waals surface area contributed by atoms with Crippen molar-refractivity contribution in [1.29, 1.82) is 5.26 Å². The van der Waals surface area contributed by atoms with Crippen molar-refractivity contribution in [2.75, 3.05) is 6.61 Å². The topological polar surface area (TPSA) is 42.2 Å². The predicted molar refractivity (Wildman–Crippen MR) is 126 cm³/mol. The van der Waals surface area contributed by atoms with Gasteiger partial charge in [-0.25, -0.2) is 4.39 Å². The van der Waals surface area contributed by atoms with Gasteiger partial charge in [-0.05, 0) is 59.2 Å². The number of benzene rings is 4. The van der Waals surface area contributed by atoms with Crippen LogP contribution in [-0.2, 0) is 6.61 Å².